The molecule has 0 bridgehead atoms. The van der Waals surface area contributed by atoms with Crippen molar-refractivity contribution >= 4 is 29.0 Å². The van der Waals surface area contributed by atoms with Gasteiger partial charge in [0, 0.05) is 0 Å². The molecule has 0 aliphatic carbocycles. The molecule has 2 N–H and O–H groups in total. The first kappa shape index (κ1) is 11.5. The molecule has 0 atom stereocenters. The summed E-state index contributed by atoms with van der Waals surface area (Å²) in [4.78, 5) is 10.4. The van der Waals surface area contributed by atoms with Crippen LogP contribution in [0.1, 0.15) is 6.92 Å². The van der Waals surface area contributed by atoms with E-state index in [0.717, 1.165) is 0 Å². The number of carboxylic acids is 1. The van der Waals surface area contributed by atoms with Crippen LogP contribution in [0.25, 0.3) is 0 Å². The van der Waals surface area contributed by atoms with Gasteiger partial charge in [0.2, 0.25) is 0 Å². The maximum absolute atomic E-state index is 13.2. The zero-order chi connectivity index (χ0) is 11.4. The summed E-state index contributed by atoms with van der Waals surface area (Å²) in [6.45, 7) is 1.29. The molecule has 1 aromatic carbocycles. The Morgan fingerprint density at radius 1 is 1.60 bits per heavy atom. The summed E-state index contributed by atoms with van der Waals surface area (Å²) in [6, 6.07) is 4.31. The molecule has 0 heterocycles. The van der Waals surface area contributed by atoms with E-state index in [1.54, 1.807) is 0 Å². The topological polar surface area (TPSA) is 61.7 Å². The van der Waals surface area contributed by atoms with Crippen molar-refractivity contribution in [2.75, 3.05) is 5.43 Å². The van der Waals surface area contributed by atoms with E-state index in [9.17, 15) is 9.18 Å². The molecule has 0 fully saturated rings. The third-order valence-electron chi connectivity index (χ3n) is 1.61. The van der Waals surface area contributed by atoms with Crippen molar-refractivity contribution in [2.24, 2.45) is 5.10 Å². The smallest absolute Gasteiger partial charge is 0.351 e. The van der Waals surface area contributed by atoms with E-state index in [4.69, 9.17) is 16.7 Å². The van der Waals surface area contributed by atoms with Crippen molar-refractivity contribution in [1.82, 2.24) is 0 Å². The monoisotopic (exact) mass is 230 g/mol. The standard InChI is InChI=1S/C9H8ClFN2O2/c1-5(9(14)15)12-13-7-4-2-3-6(10)8(7)11/h2-4,13H,1H3,(H,14,15). The molecule has 0 amide bonds. The number of hydrogen-bond donors (Lipinski definition) is 2. The molecular formula is C9H8ClFN2O2. The van der Waals surface area contributed by atoms with Crippen LogP contribution in [0.2, 0.25) is 5.02 Å². The van der Waals surface area contributed by atoms with Gasteiger partial charge in [0.05, 0.1) is 10.7 Å². The molecule has 0 aliphatic rings. The van der Waals surface area contributed by atoms with Crippen LogP contribution >= 0.6 is 11.6 Å². The lowest BCUT2D eigenvalue weighted by Gasteiger charge is -2.03. The van der Waals surface area contributed by atoms with E-state index in [1.807, 2.05) is 0 Å². The van der Waals surface area contributed by atoms with E-state index < -0.39 is 11.8 Å². The number of halogens is 2. The van der Waals surface area contributed by atoms with Gasteiger partial charge < -0.3 is 5.11 Å². The Labute approximate surface area is 90.4 Å². The number of aliphatic carboxylic acids is 1. The minimum atomic E-state index is -1.18. The number of carbonyl (C=O) groups is 1. The molecule has 80 valence electrons. The summed E-state index contributed by atoms with van der Waals surface area (Å²) in [5, 5.41) is 11.9. The average molecular weight is 231 g/mol. The fraction of sp³-hybridized carbons (Fsp3) is 0.111. The van der Waals surface area contributed by atoms with Gasteiger partial charge in [-0.2, -0.15) is 5.10 Å². The highest BCUT2D eigenvalue weighted by Gasteiger charge is 2.06. The maximum atomic E-state index is 13.2. The zero-order valence-corrected chi connectivity index (χ0v) is 8.55. The predicted molar refractivity (Wildman–Crippen MR) is 55.8 cm³/mol. The summed E-state index contributed by atoms with van der Waals surface area (Å²) >= 11 is 5.51. The average Bonchev–Trinajstić information content (AvgIpc) is 2.19. The van der Waals surface area contributed by atoms with E-state index in [2.05, 4.69) is 10.5 Å². The van der Waals surface area contributed by atoms with Crippen LogP contribution in [0, 0.1) is 5.82 Å². The SMILES string of the molecule is CC(=NNc1cccc(Cl)c1F)C(=O)O. The van der Waals surface area contributed by atoms with Crippen molar-refractivity contribution in [1.29, 1.82) is 0 Å². The molecule has 0 aliphatic heterocycles. The Morgan fingerprint density at radius 2 is 2.27 bits per heavy atom. The van der Waals surface area contributed by atoms with Gasteiger partial charge in [-0.05, 0) is 19.1 Å². The molecule has 0 aromatic heterocycles. The lowest BCUT2D eigenvalue weighted by atomic mass is 10.3. The number of hydrazone groups is 1. The zero-order valence-electron chi connectivity index (χ0n) is 7.79. The molecule has 0 spiro atoms. The predicted octanol–water partition coefficient (Wildman–Crippen LogP) is 2.35. The molecular weight excluding hydrogens is 223 g/mol. The third kappa shape index (κ3) is 2.92. The van der Waals surface area contributed by atoms with Crippen molar-refractivity contribution in [2.45, 2.75) is 6.92 Å². The number of nitrogens with zero attached hydrogens (tertiary/aromatic N) is 1. The summed E-state index contributed by atoms with van der Waals surface area (Å²) in [6.07, 6.45) is 0. The molecule has 0 radical (unpaired) electrons. The van der Waals surface area contributed by atoms with E-state index >= 15 is 0 Å². The van der Waals surface area contributed by atoms with Crippen molar-refractivity contribution in [3.8, 4) is 0 Å². The van der Waals surface area contributed by atoms with Gasteiger partial charge in [-0.25, -0.2) is 9.18 Å². The van der Waals surface area contributed by atoms with E-state index in [-0.39, 0.29) is 16.4 Å². The molecule has 15 heavy (non-hydrogen) atoms. The van der Waals surface area contributed by atoms with Crippen molar-refractivity contribution in [3.05, 3.63) is 29.0 Å². The fourth-order valence-corrected chi connectivity index (χ4v) is 0.957. The minimum absolute atomic E-state index is 0.0306. The van der Waals surface area contributed by atoms with Gasteiger partial charge in [0.25, 0.3) is 0 Å². The van der Waals surface area contributed by atoms with Gasteiger partial charge in [0.1, 0.15) is 5.71 Å². The summed E-state index contributed by atoms with van der Waals surface area (Å²) in [5.41, 5.74) is 2.14. The Balaban J connectivity index is 2.87. The fourth-order valence-electron chi connectivity index (χ4n) is 0.782. The minimum Gasteiger partial charge on any atom is -0.477 e. The van der Waals surface area contributed by atoms with Gasteiger partial charge in [-0.15, -0.1) is 0 Å². The van der Waals surface area contributed by atoms with E-state index in [1.165, 1.54) is 25.1 Å². The third-order valence-corrected chi connectivity index (χ3v) is 1.90. The summed E-state index contributed by atoms with van der Waals surface area (Å²) in [5.74, 6) is -1.84. The van der Waals surface area contributed by atoms with Crippen LogP contribution < -0.4 is 5.43 Å². The number of anilines is 1. The summed E-state index contributed by atoms with van der Waals surface area (Å²) < 4.78 is 13.2. The molecule has 1 aromatic rings. The second kappa shape index (κ2) is 4.75. The maximum Gasteiger partial charge on any atom is 0.351 e. The number of benzene rings is 1. The number of nitrogens with one attached hydrogen (secondary N) is 1. The van der Waals surface area contributed by atoms with Crippen LogP contribution in [0.5, 0.6) is 0 Å². The Hall–Kier alpha value is -1.62. The normalized spacial score (nSPS) is 11.3. The molecule has 0 saturated carbocycles. The lowest BCUT2D eigenvalue weighted by Crippen LogP contribution is -2.10. The van der Waals surface area contributed by atoms with Crippen LogP contribution in [-0.4, -0.2) is 16.8 Å². The van der Waals surface area contributed by atoms with Crippen molar-refractivity contribution < 1.29 is 14.3 Å². The highest BCUT2D eigenvalue weighted by Crippen LogP contribution is 2.21. The van der Waals surface area contributed by atoms with Gasteiger partial charge in [0.15, 0.2) is 5.82 Å². The van der Waals surface area contributed by atoms with Crippen LogP contribution in [0.4, 0.5) is 10.1 Å². The molecule has 0 saturated heterocycles. The Kier molecular flexibility index (Phi) is 3.62. The van der Waals surface area contributed by atoms with Gasteiger partial charge >= 0.3 is 5.97 Å². The first-order valence-corrected chi connectivity index (χ1v) is 4.37. The first-order chi connectivity index (χ1) is 7.02. The van der Waals surface area contributed by atoms with Crippen molar-refractivity contribution in [3.63, 3.8) is 0 Å². The number of carboxylic acid groups (broad SMARTS) is 1. The van der Waals surface area contributed by atoms with Crippen LogP contribution in [0.15, 0.2) is 23.3 Å². The Morgan fingerprint density at radius 3 is 2.87 bits per heavy atom. The highest BCUT2D eigenvalue weighted by atomic mass is 35.5. The van der Waals surface area contributed by atoms with Crippen LogP contribution in [0.3, 0.4) is 0 Å². The number of hydrogen-bond acceptors (Lipinski definition) is 3. The molecule has 4 nitrogen and oxygen atoms in total. The largest absolute Gasteiger partial charge is 0.477 e. The second-order valence-corrected chi connectivity index (χ2v) is 3.12. The molecule has 6 heteroatoms. The number of rotatable bonds is 3. The van der Waals surface area contributed by atoms with Gasteiger partial charge in [-0.1, -0.05) is 17.7 Å². The second-order valence-electron chi connectivity index (χ2n) is 2.72. The molecule has 0 unspecified atom stereocenters. The lowest BCUT2D eigenvalue weighted by molar-refractivity contribution is -0.129. The van der Waals surface area contributed by atoms with Gasteiger partial charge in [-0.3, -0.25) is 5.43 Å². The molecule has 1 rings (SSSR count). The quantitative estimate of drug-likeness (QED) is 0.619. The highest BCUT2D eigenvalue weighted by molar-refractivity contribution is 6.34. The van der Waals surface area contributed by atoms with Crippen LogP contribution in [-0.2, 0) is 4.79 Å². The van der Waals surface area contributed by atoms with E-state index in [0.29, 0.717) is 0 Å². The Bertz CT molecular complexity index is 421. The summed E-state index contributed by atoms with van der Waals surface area (Å²) in [7, 11) is 0. The first-order valence-electron chi connectivity index (χ1n) is 4.00.